The minimum atomic E-state index is 0.480. The summed E-state index contributed by atoms with van der Waals surface area (Å²) >= 11 is 0. The van der Waals surface area contributed by atoms with E-state index in [0.29, 0.717) is 6.01 Å². The number of aryl methyl sites for hydroxylation is 1. The molecule has 1 aromatic heterocycles. The van der Waals surface area contributed by atoms with Gasteiger partial charge < -0.3 is 4.42 Å². The topological polar surface area (TPSA) is 50.1 Å². The minimum absolute atomic E-state index is 0.480. The molecule has 15 heavy (non-hydrogen) atoms. The molecule has 0 unspecified atom stereocenters. The van der Waals surface area contributed by atoms with E-state index in [9.17, 15) is 0 Å². The summed E-state index contributed by atoms with van der Waals surface area (Å²) in [6, 6.07) is 10.4. The Morgan fingerprint density at radius 1 is 1.20 bits per heavy atom. The van der Waals surface area contributed by atoms with E-state index in [-0.39, 0.29) is 0 Å². The molecule has 0 saturated heterocycles. The van der Waals surface area contributed by atoms with Crippen molar-refractivity contribution in [2.75, 3.05) is 12.5 Å². The fraction of sp³-hybridized carbons (Fsp3) is 0.182. The van der Waals surface area contributed by atoms with E-state index in [2.05, 4.69) is 15.8 Å². The summed E-state index contributed by atoms with van der Waals surface area (Å²) in [5.74, 6) is 0.799. The SMILES string of the molecule is CNNc1nc(C)c(-c2ccccc2)o1. The lowest BCUT2D eigenvalue weighted by Gasteiger charge is -1.97. The second-order valence-corrected chi connectivity index (χ2v) is 3.17. The molecule has 1 aromatic carbocycles. The highest BCUT2D eigenvalue weighted by molar-refractivity contribution is 5.60. The van der Waals surface area contributed by atoms with Gasteiger partial charge in [-0.15, -0.1) is 0 Å². The van der Waals surface area contributed by atoms with Crippen LogP contribution < -0.4 is 10.9 Å². The minimum Gasteiger partial charge on any atom is -0.422 e. The van der Waals surface area contributed by atoms with Gasteiger partial charge in [0, 0.05) is 12.6 Å². The molecule has 0 bridgehead atoms. The van der Waals surface area contributed by atoms with E-state index in [4.69, 9.17) is 4.42 Å². The Labute approximate surface area is 88.3 Å². The van der Waals surface area contributed by atoms with Gasteiger partial charge in [-0.2, -0.15) is 4.98 Å². The van der Waals surface area contributed by atoms with E-state index >= 15 is 0 Å². The third-order valence-corrected chi connectivity index (χ3v) is 2.06. The van der Waals surface area contributed by atoms with Crippen LogP contribution in [0.4, 0.5) is 6.01 Å². The first-order chi connectivity index (χ1) is 7.31. The lowest BCUT2D eigenvalue weighted by molar-refractivity contribution is 0.578. The molecule has 0 aliphatic rings. The van der Waals surface area contributed by atoms with Crippen molar-refractivity contribution < 1.29 is 4.42 Å². The van der Waals surface area contributed by atoms with E-state index in [1.54, 1.807) is 7.05 Å². The number of benzene rings is 1. The smallest absolute Gasteiger partial charge is 0.310 e. The molecule has 0 spiro atoms. The van der Waals surface area contributed by atoms with Gasteiger partial charge in [-0.1, -0.05) is 30.3 Å². The fourth-order valence-electron chi connectivity index (χ4n) is 1.41. The second kappa shape index (κ2) is 4.14. The molecule has 0 radical (unpaired) electrons. The molecule has 0 fully saturated rings. The third-order valence-electron chi connectivity index (χ3n) is 2.06. The number of oxazole rings is 1. The highest BCUT2D eigenvalue weighted by atomic mass is 16.4. The summed E-state index contributed by atoms with van der Waals surface area (Å²) in [5, 5.41) is 0. The summed E-state index contributed by atoms with van der Waals surface area (Å²) < 4.78 is 5.56. The summed E-state index contributed by atoms with van der Waals surface area (Å²) in [5.41, 5.74) is 7.49. The number of hydrogen-bond donors (Lipinski definition) is 2. The Bertz CT molecular complexity index is 436. The average Bonchev–Trinajstić information content (AvgIpc) is 2.61. The molecule has 1 heterocycles. The van der Waals surface area contributed by atoms with Crippen LogP contribution in [0.15, 0.2) is 34.7 Å². The summed E-state index contributed by atoms with van der Waals surface area (Å²) in [4.78, 5) is 4.24. The van der Waals surface area contributed by atoms with Gasteiger partial charge in [0.1, 0.15) is 0 Å². The van der Waals surface area contributed by atoms with Crippen molar-refractivity contribution in [2.24, 2.45) is 0 Å². The zero-order valence-corrected chi connectivity index (χ0v) is 8.74. The number of hydrogen-bond acceptors (Lipinski definition) is 4. The van der Waals surface area contributed by atoms with Crippen molar-refractivity contribution in [3.05, 3.63) is 36.0 Å². The first-order valence-corrected chi connectivity index (χ1v) is 4.77. The molecule has 78 valence electrons. The molecular formula is C11H13N3O. The second-order valence-electron chi connectivity index (χ2n) is 3.17. The Morgan fingerprint density at radius 2 is 1.93 bits per heavy atom. The first-order valence-electron chi connectivity index (χ1n) is 4.77. The summed E-state index contributed by atoms with van der Waals surface area (Å²) in [7, 11) is 1.77. The van der Waals surface area contributed by atoms with Gasteiger partial charge in [-0.3, -0.25) is 5.43 Å². The molecule has 0 aliphatic carbocycles. The van der Waals surface area contributed by atoms with Crippen molar-refractivity contribution in [1.29, 1.82) is 0 Å². The molecule has 0 atom stereocenters. The highest BCUT2D eigenvalue weighted by Crippen LogP contribution is 2.25. The van der Waals surface area contributed by atoms with Crippen LogP contribution in [-0.4, -0.2) is 12.0 Å². The van der Waals surface area contributed by atoms with Gasteiger partial charge in [0.05, 0.1) is 5.69 Å². The van der Waals surface area contributed by atoms with Gasteiger partial charge in [0.25, 0.3) is 0 Å². The Morgan fingerprint density at radius 3 is 2.60 bits per heavy atom. The van der Waals surface area contributed by atoms with E-state index in [1.165, 1.54) is 0 Å². The number of nitrogens with one attached hydrogen (secondary N) is 2. The van der Waals surface area contributed by atoms with Crippen molar-refractivity contribution in [3.8, 4) is 11.3 Å². The van der Waals surface area contributed by atoms with Crippen molar-refractivity contribution in [2.45, 2.75) is 6.92 Å². The van der Waals surface area contributed by atoms with E-state index < -0.39 is 0 Å². The molecule has 2 rings (SSSR count). The Hall–Kier alpha value is -1.81. The molecule has 0 saturated carbocycles. The number of nitrogens with zero attached hydrogens (tertiary/aromatic N) is 1. The van der Waals surface area contributed by atoms with Crippen LogP contribution in [0.2, 0.25) is 0 Å². The third kappa shape index (κ3) is 1.99. The van der Waals surface area contributed by atoms with Crippen molar-refractivity contribution in [3.63, 3.8) is 0 Å². The lowest BCUT2D eigenvalue weighted by atomic mass is 10.1. The van der Waals surface area contributed by atoms with Crippen LogP contribution in [0.25, 0.3) is 11.3 Å². The summed E-state index contributed by atoms with van der Waals surface area (Å²) in [6.45, 7) is 1.92. The molecular weight excluding hydrogens is 190 g/mol. The standard InChI is InChI=1S/C11H13N3O/c1-8-10(9-6-4-3-5-7-9)15-11(13-8)14-12-2/h3-7,12H,1-2H3,(H,13,14). The van der Waals surface area contributed by atoms with Crippen molar-refractivity contribution in [1.82, 2.24) is 10.4 Å². The zero-order chi connectivity index (χ0) is 10.7. The zero-order valence-electron chi connectivity index (χ0n) is 8.74. The van der Waals surface area contributed by atoms with Crippen molar-refractivity contribution >= 4 is 6.01 Å². The average molecular weight is 203 g/mol. The van der Waals surface area contributed by atoms with Crippen LogP contribution in [-0.2, 0) is 0 Å². The Balaban J connectivity index is 2.36. The molecule has 4 heteroatoms. The van der Waals surface area contributed by atoms with Gasteiger partial charge in [-0.25, -0.2) is 5.43 Å². The highest BCUT2D eigenvalue weighted by Gasteiger charge is 2.10. The van der Waals surface area contributed by atoms with Crippen LogP contribution in [0.3, 0.4) is 0 Å². The maximum Gasteiger partial charge on any atom is 0.310 e. The fourth-order valence-corrected chi connectivity index (χ4v) is 1.41. The van der Waals surface area contributed by atoms with E-state index in [0.717, 1.165) is 17.0 Å². The predicted octanol–water partition coefficient (Wildman–Crippen LogP) is 2.20. The maximum atomic E-state index is 5.56. The molecule has 2 aromatic rings. The van der Waals surface area contributed by atoms with Gasteiger partial charge in [0.2, 0.25) is 0 Å². The first kappa shape index (κ1) is 9.73. The monoisotopic (exact) mass is 203 g/mol. The molecule has 0 amide bonds. The largest absolute Gasteiger partial charge is 0.422 e. The molecule has 4 nitrogen and oxygen atoms in total. The van der Waals surface area contributed by atoms with E-state index in [1.807, 2.05) is 37.3 Å². The predicted molar refractivity (Wildman–Crippen MR) is 59.4 cm³/mol. The quantitative estimate of drug-likeness (QED) is 0.751. The lowest BCUT2D eigenvalue weighted by Crippen LogP contribution is -2.14. The van der Waals surface area contributed by atoms with Gasteiger partial charge in [0.15, 0.2) is 5.76 Å². The normalized spacial score (nSPS) is 10.3. The summed E-state index contributed by atoms with van der Waals surface area (Å²) in [6.07, 6.45) is 0. The van der Waals surface area contributed by atoms with Gasteiger partial charge >= 0.3 is 6.01 Å². The van der Waals surface area contributed by atoms with Crippen LogP contribution >= 0.6 is 0 Å². The number of anilines is 1. The van der Waals surface area contributed by atoms with Crippen LogP contribution in [0.5, 0.6) is 0 Å². The Kier molecular flexibility index (Phi) is 2.69. The number of aromatic nitrogens is 1. The van der Waals surface area contributed by atoms with Crippen LogP contribution in [0, 0.1) is 6.92 Å². The number of hydrazine groups is 1. The molecule has 0 aliphatic heterocycles. The van der Waals surface area contributed by atoms with Crippen LogP contribution in [0.1, 0.15) is 5.69 Å². The molecule has 2 N–H and O–H groups in total. The maximum absolute atomic E-state index is 5.56. The van der Waals surface area contributed by atoms with Gasteiger partial charge in [-0.05, 0) is 6.92 Å². The number of rotatable bonds is 3.